The second-order valence-electron chi connectivity index (χ2n) is 6.87. The Hall–Kier alpha value is -3.00. The van der Waals surface area contributed by atoms with E-state index in [0.29, 0.717) is 23.2 Å². The number of halogens is 1. The van der Waals surface area contributed by atoms with Crippen LogP contribution in [0.4, 0.5) is 10.1 Å². The third-order valence-corrected chi connectivity index (χ3v) is 5.81. The Morgan fingerprint density at radius 2 is 1.90 bits per heavy atom. The molecule has 1 aliphatic heterocycles. The van der Waals surface area contributed by atoms with Crippen molar-refractivity contribution in [2.75, 3.05) is 17.2 Å². The fourth-order valence-corrected chi connectivity index (χ4v) is 4.55. The monoisotopic (exact) mass is 417 g/mol. The van der Waals surface area contributed by atoms with Gasteiger partial charge in [-0.1, -0.05) is 12.1 Å². The summed E-state index contributed by atoms with van der Waals surface area (Å²) in [5, 5.41) is 0. The van der Waals surface area contributed by atoms with E-state index >= 15 is 0 Å². The molecule has 0 aromatic heterocycles. The van der Waals surface area contributed by atoms with Crippen LogP contribution >= 0.6 is 0 Å². The first-order chi connectivity index (χ1) is 13.6. The molecule has 0 fully saturated rings. The molecule has 2 aromatic carbocycles. The van der Waals surface area contributed by atoms with Crippen molar-refractivity contribution in [2.24, 2.45) is 0 Å². The quantitative estimate of drug-likeness (QED) is 0.410. The van der Waals surface area contributed by atoms with Gasteiger partial charge >= 0.3 is 5.97 Å². The van der Waals surface area contributed by atoms with E-state index in [4.69, 9.17) is 4.74 Å². The molecular formula is C21H20FNO5S. The summed E-state index contributed by atoms with van der Waals surface area (Å²) in [5.74, 6) is -1.46. The number of fused-ring (bicyclic) bond motifs is 1. The van der Waals surface area contributed by atoms with E-state index in [1.165, 1.54) is 40.7 Å². The van der Waals surface area contributed by atoms with Crippen LogP contribution in [0.3, 0.4) is 0 Å². The van der Waals surface area contributed by atoms with Gasteiger partial charge in [-0.15, -0.1) is 0 Å². The first-order valence-corrected chi connectivity index (χ1v) is 10.8. The molecule has 152 valence electrons. The Morgan fingerprint density at radius 3 is 2.55 bits per heavy atom. The summed E-state index contributed by atoms with van der Waals surface area (Å²) < 4.78 is 43.1. The van der Waals surface area contributed by atoms with Gasteiger partial charge in [0.1, 0.15) is 5.82 Å². The van der Waals surface area contributed by atoms with Crippen molar-refractivity contribution in [3.63, 3.8) is 0 Å². The van der Waals surface area contributed by atoms with E-state index in [0.717, 1.165) is 17.9 Å². The van der Waals surface area contributed by atoms with Gasteiger partial charge in [0.05, 0.1) is 11.9 Å². The van der Waals surface area contributed by atoms with Gasteiger partial charge in [-0.25, -0.2) is 17.6 Å². The maximum atomic E-state index is 12.9. The van der Waals surface area contributed by atoms with Crippen molar-refractivity contribution in [3.05, 3.63) is 71.0 Å². The van der Waals surface area contributed by atoms with E-state index in [2.05, 4.69) is 0 Å². The average molecular weight is 417 g/mol. The van der Waals surface area contributed by atoms with Crippen molar-refractivity contribution in [1.29, 1.82) is 0 Å². The smallest absolute Gasteiger partial charge is 0.331 e. The molecule has 0 saturated carbocycles. The van der Waals surface area contributed by atoms with Gasteiger partial charge in [-0.3, -0.25) is 9.10 Å². The van der Waals surface area contributed by atoms with Crippen LogP contribution in [0, 0.1) is 5.82 Å². The Labute approximate surface area is 168 Å². The molecule has 0 aliphatic carbocycles. The largest absolute Gasteiger partial charge is 0.454 e. The van der Waals surface area contributed by atoms with Crippen LogP contribution in [-0.4, -0.2) is 39.1 Å². The molecule has 0 amide bonds. The standard InChI is InChI=1S/C21H20FNO5S/c1-14-11-17-12-16(6-9-19(17)23(14)29(2,26)27)20(24)13-28-21(25)10-5-15-3-7-18(22)8-4-15/h3-10,12,14H,11,13H2,1-2H3/b10-5+/t14-/m0/s1. The number of sulfonamides is 1. The highest BCUT2D eigenvalue weighted by Crippen LogP contribution is 2.34. The fourth-order valence-electron chi connectivity index (χ4n) is 3.29. The lowest BCUT2D eigenvalue weighted by molar-refractivity contribution is -0.136. The summed E-state index contributed by atoms with van der Waals surface area (Å²) in [7, 11) is -3.40. The molecule has 0 spiro atoms. The molecule has 2 aromatic rings. The number of carbonyl (C=O) groups is 2. The highest BCUT2D eigenvalue weighted by molar-refractivity contribution is 7.92. The maximum absolute atomic E-state index is 12.9. The minimum absolute atomic E-state index is 0.222. The molecule has 1 aliphatic rings. The van der Waals surface area contributed by atoms with Crippen molar-refractivity contribution in [3.8, 4) is 0 Å². The second-order valence-corrected chi connectivity index (χ2v) is 8.73. The molecule has 0 bridgehead atoms. The lowest BCUT2D eigenvalue weighted by Crippen LogP contribution is -2.34. The van der Waals surface area contributed by atoms with E-state index < -0.39 is 22.6 Å². The van der Waals surface area contributed by atoms with E-state index in [1.54, 1.807) is 19.1 Å². The van der Waals surface area contributed by atoms with Crippen LogP contribution in [-0.2, 0) is 26.0 Å². The van der Waals surface area contributed by atoms with Crippen molar-refractivity contribution in [2.45, 2.75) is 19.4 Å². The first-order valence-electron chi connectivity index (χ1n) is 8.91. The SMILES string of the molecule is C[C@H]1Cc2cc(C(=O)COC(=O)/C=C/c3ccc(F)cc3)ccc2N1S(C)(=O)=O. The Bertz CT molecular complexity index is 1080. The predicted octanol–water partition coefficient (Wildman–Crippen LogP) is 2.98. The number of hydrogen-bond donors (Lipinski definition) is 0. The third kappa shape index (κ3) is 4.89. The molecule has 3 rings (SSSR count). The fraction of sp³-hybridized carbons (Fsp3) is 0.238. The molecule has 0 unspecified atom stereocenters. The number of ketones is 1. The number of benzene rings is 2. The Kier molecular flexibility index (Phi) is 5.83. The molecule has 8 heteroatoms. The zero-order valence-corrected chi connectivity index (χ0v) is 16.8. The highest BCUT2D eigenvalue weighted by atomic mass is 32.2. The van der Waals surface area contributed by atoms with Gasteiger partial charge in [0, 0.05) is 17.7 Å². The number of esters is 1. The van der Waals surface area contributed by atoms with Crippen LogP contribution in [0.5, 0.6) is 0 Å². The van der Waals surface area contributed by atoms with Crippen LogP contribution in [0.1, 0.15) is 28.4 Å². The second kappa shape index (κ2) is 8.16. The van der Waals surface area contributed by atoms with E-state index in [9.17, 15) is 22.4 Å². The zero-order chi connectivity index (χ0) is 21.2. The lowest BCUT2D eigenvalue weighted by atomic mass is 10.0. The minimum Gasteiger partial charge on any atom is -0.454 e. The van der Waals surface area contributed by atoms with Crippen molar-refractivity contribution >= 4 is 33.5 Å². The summed E-state index contributed by atoms with van der Waals surface area (Å²) in [5.41, 5.74) is 2.30. The highest BCUT2D eigenvalue weighted by Gasteiger charge is 2.32. The summed E-state index contributed by atoms with van der Waals surface area (Å²) in [6.07, 6.45) is 4.28. The number of nitrogens with zero attached hydrogens (tertiary/aromatic N) is 1. The van der Waals surface area contributed by atoms with Gasteiger partial charge in [0.2, 0.25) is 10.0 Å². The molecule has 6 nitrogen and oxygen atoms in total. The third-order valence-electron chi connectivity index (χ3n) is 4.54. The average Bonchev–Trinajstić information content (AvgIpc) is 3.00. The number of Topliss-reactive ketones (excluding diaryl/α,β-unsaturated/α-hetero) is 1. The molecule has 0 radical (unpaired) electrons. The van der Waals surface area contributed by atoms with Crippen molar-refractivity contribution in [1.82, 2.24) is 0 Å². The molecule has 0 saturated heterocycles. The number of carbonyl (C=O) groups excluding carboxylic acids is 2. The molecular weight excluding hydrogens is 397 g/mol. The molecule has 1 heterocycles. The minimum atomic E-state index is -3.40. The Balaban J connectivity index is 1.62. The van der Waals surface area contributed by atoms with Gasteiger partial charge in [-0.05, 0) is 60.9 Å². The summed E-state index contributed by atoms with van der Waals surface area (Å²) in [4.78, 5) is 24.1. The van der Waals surface area contributed by atoms with Crippen LogP contribution < -0.4 is 4.31 Å². The van der Waals surface area contributed by atoms with Gasteiger partial charge in [0.25, 0.3) is 0 Å². The first kappa shape index (κ1) is 20.7. The van der Waals surface area contributed by atoms with Gasteiger partial charge in [-0.2, -0.15) is 0 Å². The molecule has 1 atom stereocenters. The number of rotatable bonds is 6. The molecule has 29 heavy (non-hydrogen) atoms. The number of hydrogen-bond acceptors (Lipinski definition) is 5. The zero-order valence-electron chi connectivity index (χ0n) is 16.0. The van der Waals surface area contributed by atoms with E-state index in [1.807, 2.05) is 0 Å². The normalized spacial score (nSPS) is 16.1. The maximum Gasteiger partial charge on any atom is 0.331 e. The van der Waals surface area contributed by atoms with Gasteiger partial charge < -0.3 is 4.74 Å². The number of anilines is 1. The number of ether oxygens (including phenoxy) is 1. The lowest BCUT2D eigenvalue weighted by Gasteiger charge is -2.21. The van der Waals surface area contributed by atoms with Gasteiger partial charge in [0.15, 0.2) is 12.4 Å². The predicted molar refractivity (Wildman–Crippen MR) is 108 cm³/mol. The molecule has 0 N–H and O–H groups in total. The van der Waals surface area contributed by atoms with Crippen molar-refractivity contribution < 1.29 is 27.1 Å². The summed E-state index contributed by atoms with van der Waals surface area (Å²) in [6, 6.07) is 10.1. The van der Waals surface area contributed by atoms with E-state index in [-0.39, 0.29) is 17.6 Å². The van der Waals surface area contributed by atoms with Crippen LogP contribution in [0.2, 0.25) is 0 Å². The van der Waals surface area contributed by atoms with Crippen LogP contribution in [0.25, 0.3) is 6.08 Å². The van der Waals surface area contributed by atoms with Crippen LogP contribution in [0.15, 0.2) is 48.5 Å². The topological polar surface area (TPSA) is 80.8 Å². The Morgan fingerprint density at radius 1 is 1.21 bits per heavy atom. The summed E-state index contributed by atoms with van der Waals surface area (Å²) >= 11 is 0. The summed E-state index contributed by atoms with van der Waals surface area (Å²) in [6.45, 7) is 1.37.